The number of nitrogens with two attached hydrogens (primary N) is 1. The Balaban J connectivity index is 2.43. The van der Waals surface area contributed by atoms with Crippen molar-refractivity contribution in [2.24, 2.45) is 5.73 Å². The first-order chi connectivity index (χ1) is 9.42. The van der Waals surface area contributed by atoms with Gasteiger partial charge in [-0.1, -0.05) is 28.1 Å². The van der Waals surface area contributed by atoms with Crippen LogP contribution in [0.15, 0.2) is 51.8 Å². The molecule has 0 bridgehead atoms. The first kappa shape index (κ1) is 15.0. The van der Waals surface area contributed by atoms with Crippen LogP contribution in [0.1, 0.15) is 5.56 Å². The van der Waals surface area contributed by atoms with Gasteiger partial charge in [0, 0.05) is 16.7 Å². The quantitative estimate of drug-likeness (QED) is 0.882. The molecule has 0 aliphatic carbocycles. The van der Waals surface area contributed by atoms with E-state index in [0.717, 1.165) is 10.5 Å². The predicted molar refractivity (Wildman–Crippen MR) is 79.2 cm³/mol. The lowest BCUT2D eigenvalue weighted by Gasteiger charge is -2.11. The smallest absolute Gasteiger partial charge is 0.262 e. The molecule has 4 nitrogen and oxygen atoms in total. The van der Waals surface area contributed by atoms with Crippen LogP contribution in [0.5, 0.6) is 0 Å². The van der Waals surface area contributed by atoms with Crippen molar-refractivity contribution in [3.8, 4) is 0 Å². The maximum Gasteiger partial charge on any atom is 0.262 e. The van der Waals surface area contributed by atoms with Crippen LogP contribution in [0.3, 0.4) is 0 Å². The van der Waals surface area contributed by atoms with Gasteiger partial charge in [0.05, 0.1) is 4.90 Å². The third-order valence-electron chi connectivity index (χ3n) is 2.62. The van der Waals surface area contributed by atoms with Crippen molar-refractivity contribution in [3.05, 3.63) is 58.3 Å². The van der Waals surface area contributed by atoms with Crippen LogP contribution in [0.4, 0.5) is 10.1 Å². The third kappa shape index (κ3) is 3.36. The normalized spacial score (nSPS) is 11.3. The van der Waals surface area contributed by atoms with Gasteiger partial charge in [0.1, 0.15) is 5.82 Å². The average Bonchev–Trinajstić information content (AvgIpc) is 2.38. The highest BCUT2D eigenvalue weighted by atomic mass is 79.9. The number of anilines is 1. The Morgan fingerprint density at radius 1 is 1.20 bits per heavy atom. The Labute approximate surface area is 125 Å². The fourth-order valence-electron chi connectivity index (χ4n) is 1.71. The van der Waals surface area contributed by atoms with Gasteiger partial charge in [0.15, 0.2) is 0 Å². The lowest BCUT2D eigenvalue weighted by Crippen LogP contribution is -2.16. The Hall–Kier alpha value is -1.44. The molecule has 106 valence electrons. The maximum atomic E-state index is 13.3. The minimum Gasteiger partial charge on any atom is -0.326 e. The highest BCUT2D eigenvalue weighted by molar-refractivity contribution is 9.10. The Bertz CT molecular complexity index is 735. The number of halogens is 2. The number of benzene rings is 2. The van der Waals surface area contributed by atoms with Gasteiger partial charge in [-0.15, -0.1) is 0 Å². The summed E-state index contributed by atoms with van der Waals surface area (Å²) in [5.74, 6) is -0.628. The first-order valence-electron chi connectivity index (χ1n) is 5.69. The number of hydrogen-bond acceptors (Lipinski definition) is 3. The second kappa shape index (κ2) is 5.90. The van der Waals surface area contributed by atoms with Crippen molar-refractivity contribution in [2.75, 3.05) is 4.72 Å². The molecule has 0 spiro atoms. The van der Waals surface area contributed by atoms with Crippen LogP contribution in [-0.2, 0) is 16.6 Å². The molecule has 0 amide bonds. The van der Waals surface area contributed by atoms with Crippen molar-refractivity contribution in [1.29, 1.82) is 0 Å². The standard InChI is InChI=1S/C13H12BrFN2O2S/c14-10-2-1-3-12(6-10)17-20(18,19)13-7-11(15)5-4-9(13)8-16/h1-7,17H,8,16H2. The van der Waals surface area contributed by atoms with Gasteiger partial charge < -0.3 is 5.73 Å². The molecule has 0 saturated heterocycles. The molecular weight excluding hydrogens is 347 g/mol. The van der Waals surface area contributed by atoms with Crippen LogP contribution >= 0.6 is 15.9 Å². The average molecular weight is 359 g/mol. The molecule has 0 saturated carbocycles. The Morgan fingerprint density at radius 3 is 2.60 bits per heavy atom. The fraction of sp³-hybridized carbons (Fsp3) is 0.0769. The zero-order valence-corrected chi connectivity index (χ0v) is 12.7. The second-order valence-corrected chi connectivity index (χ2v) is 6.64. The van der Waals surface area contributed by atoms with E-state index < -0.39 is 15.8 Å². The zero-order chi connectivity index (χ0) is 14.8. The number of nitrogens with one attached hydrogen (secondary N) is 1. The van der Waals surface area contributed by atoms with E-state index >= 15 is 0 Å². The van der Waals surface area contributed by atoms with Crippen molar-refractivity contribution in [1.82, 2.24) is 0 Å². The summed E-state index contributed by atoms with van der Waals surface area (Å²) in [6, 6.07) is 10.2. The topological polar surface area (TPSA) is 72.2 Å². The van der Waals surface area contributed by atoms with Gasteiger partial charge in [-0.2, -0.15) is 0 Å². The van der Waals surface area contributed by atoms with E-state index in [-0.39, 0.29) is 11.4 Å². The number of sulfonamides is 1. The number of rotatable bonds is 4. The molecular formula is C13H12BrFN2O2S. The summed E-state index contributed by atoms with van der Waals surface area (Å²) in [5, 5.41) is 0. The summed E-state index contributed by atoms with van der Waals surface area (Å²) in [6.45, 7) is 0.00894. The molecule has 0 radical (unpaired) electrons. The van der Waals surface area contributed by atoms with Gasteiger partial charge in [0.2, 0.25) is 0 Å². The van der Waals surface area contributed by atoms with E-state index in [2.05, 4.69) is 20.7 Å². The van der Waals surface area contributed by atoms with Crippen LogP contribution in [0, 0.1) is 5.82 Å². The first-order valence-corrected chi connectivity index (χ1v) is 7.97. The molecule has 3 N–H and O–H groups in total. The summed E-state index contributed by atoms with van der Waals surface area (Å²) in [7, 11) is -3.89. The maximum absolute atomic E-state index is 13.3. The van der Waals surface area contributed by atoms with Crippen LogP contribution in [0.25, 0.3) is 0 Å². The highest BCUT2D eigenvalue weighted by Crippen LogP contribution is 2.22. The second-order valence-electron chi connectivity index (χ2n) is 4.07. The van der Waals surface area contributed by atoms with Crippen LogP contribution in [-0.4, -0.2) is 8.42 Å². The molecule has 20 heavy (non-hydrogen) atoms. The van der Waals surface area contributed by atoms with Gasteiger partial charge in [0.25, 0.3) is 10.0 Å². The summed E-state index contributed by atoms with van der Waals surface area (Å²) < 4.78 is 41.0. The van der Waals surface area contributed by atoms with Crippen molar-refractivity contribution in [3.63, 3.8) is 0 Å². The van der Waals surface area contributed by atoms with E-state index in [1.54, 1.807) is 24.3 Å². The predicted octanol–water partition coefficient (Wildman–Crippen LogP) is 2.85. The van der Waals surface area contributed by atoms with E-state index in [1.807, 2.05) is 0 Å². The molecule has 2 rings (SSSR count). The van der Waals surface area contributed by atoms with Crippen molar-refractivity contribution in [2.45, 2.75) is 11.4 Å². The third-order valence-corrected chi connectivity index (χ3v) is 4.57. The lowest BCUT2D eigenvalue weighted by molar-refractivity contribution is 0.593. The van der Waals surface area contributed by atoms with E-state index in [0.29, 0.717) is 11.3 Å². The summed E-state index contributed by atoms with van der Waals surface area (Å²) in [6.07, 6.45) is 0. The SMILES string of the molecule is NCc1ccc(F)cc1S(=O)(=O)Nc1cccc(Br)c1. The van der Waals surface area contributed by atoms with Crippen molar-refractivity contribution >= 4 is 31.6 Å². The minimum atomic E-state index is -3.89. The molecule has 0 unspecified atom stereocenters. The molecule has 0 aliphatic heterocycles. The molecule has 2 aromatic carbocycles. The van der Waals surface area contributed by atoms with E-state index in [9.17, 15) is 12.8 Å². The highest BCUT2D eigenvalue weighted by Gasteiger charge is 2.19. The van der Waals surface area contributed by atoms with E-state index in [1.165, 1.54) is 12.1 Å². The summed E-state index contributed by atoms with van der Waals surface area (Å²) in [5.41, 5.74) is 6.23. The molecule has 0 fully saturated rings. The van der Waals surface area contributed by atoms with Crippen LogP contribution < -0.4 is 10.5 Å². The van der Waals surface area contributed by atoms with Gasteiger partial charge >= 0.3 is 0 Å². The molecule has 0 aromatic heterocycles. The monoisotopic (exact) mass is 358 g/mol. The van der Waals surface area contributed by atoms with Crippen LogP contribution in [0.2, 0.25) is 0 Å². The zero-order valence-electron chi connectivity index (χ0n) is 10.3. The number of hydrogen-bond donors (Lipinski definition) is 2. The molecule has 2 aromatic rings. The minimum absolute atomic E-state index is 0.00894. The van der Waals surface area contributed by atoms with Gasteiger partial charge in [-0.05, 0) is 35.9 Å². The summed E-state index contributed by atoms with van der Waals surface area (Å²) in [4.78, 5) is -0.153. The van der Waals surface area contributed by atoms with Gasteiger partial charge in [-0.3, -0.25) is 4.72 Å². The Kier molecular flexibility index (Phi) is 4.42. The molecule has 0 aliphatic rings. The lowest BCUT2D eigenvalue weighted by atomic mass is 10.2. The van der Waals surface area contributed by atoms with Gasteiger partial charge in [-0.25, -0.2) is 12.8 Å². The fourth-order valence-corrected chi connectivity index (χ4v) is 3.42. The molecule has 0 heterocycles. The molecule has 0 atom stereocenters. The largest absolute Gasteiger partial charge is 0.326 e. The van der Waals surface area contributed by atoms with Crippen molar-refractivity contribution < 1.29 is 12.8 Å². The summed E-state index contributed by atoms with van der Waals surface area (Å²) >= 11 is 3.25. The van der Waals surface area contributed by atoms with E-state index in [4.69, 9.17) is 5.73 Å². The Morgan fingerprint density at radius 2 is 1.95 bits per heavy atom. The molecule has 7 heteroatoms.